The van der Waals surface area contributed by atoms with Gasteiger partial charge in [0.2, 0.25) is 0 Å². The van der Waals surface area contributed by atoms with Crippen LogP contribution in [-0.4, -0.2) is 29.5 Å². The first-order valence-electron chi connectivity index (χ1n) is 7.09. The summed E-state index contributed by atoms with van der Waals surface area (Å²) in [7, 11) is 0. The zero-order valence-electron chi connectivity index (χ0n) is 12.9. The fraction of sp³-hybridized carbons (Fsp3) is 1.00. The Kier molecular flexibility index (Phi) is 4.85. The lowest BCUT2D eigenvalue weighted by atomic mass is 9.64. The van der Waals surface area contributed by atoms with Crippen molar-refractivity contribution in [3.8, 4) is 0 Å². The van der Waals surface area contributed by atoms with Gasteiger partial charge in [0.25, 0.3) is 0 Å². The average molecular weight is 257 g/mol. The quantitative estimate of drug-likeness (QED) is 0.799. The molecule has 0 aliphatic heterocycles. The van der Waals surface area contributed by atoms with Crippen molar-refractivity contribution in [3.63, 3.8) is 0 Å². The first-order chi connectivity index (χ1) is 8.04. The van der Waals surface area contributed by atoms with Gasteiger partial charge in [-0.2, -0.15) is 0 Å². The molecule has 1 fully saturated rings. The molecule has 1 aliphatic carbocycles. The van der Waals surface area contributed by atoms with Crippen LogP contribution in [0.1, 0.15) is 54.4 Å². The molecule has 1 saturated carbocycles. The van der Waals surface area contributed by atoms with E-state index in [-0.39, 0.29) is 29.8 Å². The summed E-state index contributed by atoms with van der Waals surface area (Å²) in [6.07, 6.45) is 1.88. The Morgan fingerprint density at radius 1 is 1.11 bits per heavy atom. The van der Waals surface area contributed by atoms with Crippen molar-refractivity contribution in [2.45, 2.75) is 72.1 Å². The summed E-state index contributed by atoms with van der Waals surface area (Å²) in [4.78, 5) is 0. The first kappa shape index (κ1) is 15.9. The van der Waals surface area contributed by atoms with Crippen LogP contribution in [0.4, 0.5) is 0 Å². The Morgan fingerprint density at radius 3 is 2.06 bits per heavy atom. The monoisotopic (exact) mass is 257 g/mol. The maximum Gasteiger partial charge on any atom is 0.0736 e. The standard InChI is InChI=1S/C15H31NO2/c1-14(2,3)11-8-12(16)13(7-10(11)9-17)18-15(4,5)6/h10-13,17H,7-9,16H2,1-6H3. The molecule has 0 aromatic heterocycles. The van der Waals surface area contributed by atoms with E-state index in [0.29, 0.717) is 11.8 Å². The van der Waals surface area contributed by atoms with E-state index in [1.165, 1.54) is 0 Å². The summed E-state index contributed by atoms with van der Waals surface area (Å²) in [5.41, 5.74) is 6.31. The molecule has 3 nitrogen and oxygen atoms in total. The van der Waals surface area contributed by atoms with Crippen molar-refractivity contribution in [1.29, 1.82) is 0 Å². The first-order valence-corrected chi connectivity index (χ1v) is 7.09. The lowest BCUT2D eigenvalue weighted by molar-refractivity contribution is -0.112. The van der Waals surface area contributed by atoms with Crippen molar-refractivity contribution in [2.75, 3.05) is 6.61 Å². The number of ether oxygens (including phenoxy) is 1. The van der Waals surface area contributed by atoms with Gasteiger partial charge in [-0.3, -0.25) is 0 Å². The van der Waals surface area contributed by atoms with Gasteiger partial charge in [0.15, 0.2) is 0 Å². The third-order valence-electron chi connectivity index (χ3n) is 3.96. The molecule has 1 rings (SSSR count). The van der Waals surface area contributed by atoms with Crippen molar-refractivity contribution >= 4 is 0 Å². The molecule has 0 bridgehead atoms. The molecule has 4 atom stereocenters. The van der Waals surface area contributed by atoms with Crippen LogP contribution in [0.25, 0.3) is 0 Å². The zero-order valence-corrected chi connectivity index (χ0v) is 12.9. The van der Waals surface area contributed by atoms with E-state index in [0.717, 1.165) is 12.8 Å². The highest BCUT2D eigenvalue weighted by Crippen LogP contribution is 2.42. The molecule has 1 aliphatic rings. The normalized spacial score (nSPS) is 34.7. The van der Waals surface area contributed by atoms with Crippen molar-refractivity contribution in [1.82, 2.24) is 0 Å². The van der Waals surface area contributed by atoms with Crippen LogP contribution in [0.3, 0.4) is 0 Å². The van der Waals surface area contributed by atoms with E-state index in [9.17, 15) is 5.11 Å². The minimum absolute atomic E-state index is 0.0701. The molecule has 4 unspecified atom stereocenters. The van der Waals surface area contributed by atoms with Gasteiger partial charge in [-0.1, -0.05) is 20.8 Å². The molecular weight excluding hydrogens is 226 g/mol. The summed E-state index contributed by atoms with van der Waals surface area (Å²) in [5, 5.41) is 9.63. The molecule has 0 radical (unpaired) electrons. The van der Waals surface area contributed by atoms with Gasteiger partial charge in [0, 0.05) is 12.6 Å². The lowest BCUT2D eigenvalue weighted by Gasteiger charge is -2.46. The van der Waals surface area contributed by atoms with Crippen molar-refractivity contribution in [2.24, 2.45) is 23.0 Å². The maximum atomic E-state index is 9.63. The van der Waals surface area contributed by atoms with Gasteiger partial charge in [-0.05, 0) is 50.9 Å². The van der Waals surface area contributed by atoms with Gasteiger partial charge in [0.05, 0.1) is 11.7 Å². The number of rotatable bonds is 2. The van der Waals surface area contributed by atoms with E-state index < -0.39 is 0 Å². The van der Waals surface area contributed by atoms with Crippen LogP contribution in [0, 0.1) is 17.3 Å². The lowest BCUT2D eigenvalue weighted by Crippen LogP contribution is -2.51. The van der Waals surface area contributed by atoms with E-state index >= 15 is 0 Å². The van der Waals surface area contributed by atoms with Gasteiger partial charge in [0.1, 0.15) is 0 Å². The van der Waals surface area contributed by atoms with Crippen LogP contribution in [0.15, 0.2) is 0 Å². The molecule has 3 heteroatoms. The Balaban J connectivity index is 2.76. The third-order valence-corrected chi connectivity index (χ3v) is 3.96. The second kappa shape index (κ2) is 5.48. The summed E-state index contributed by atoms with van der Waals surface area (Å²) in [6, 6.07) is 0.0799. The molecule has 0 aromatic rings. The molecule has 0 spiro atoms. The Morgan fingerprint density at radius 2 is 1.67 bits per heavy atom. The number of aliphatic hydroxyl groups is 1. The van der Waals surface area contributed by atoms with Crippen molar-refractivity contribution < 1.29 is 9.84 Å². The average Bonchev–Trinajstić information content (AvgIpc) is 2.17. The van der Waals surface area contributed by atoms with Crippen LogP contribution in [0.2, 0.25) is 0 Å². The maximum absolute atomic E-state index is 9.63. The van der Waals surface area contributed by atoms with Crippen molar-refractivity contribution in [3.05, 3.63) is 0 Å². The highest BCUT2D eigenvalue weighted by molar-refractivity contribution is 4.93. The number of hydrogen-bond acceptors (Lipinski definition) is 3. The zero-order chi connectivity index (χ0) is 14.1. The Labute approximate surface area is 112 Å². The number of aliphatic hydroxyl groups excluding tert-OH is 1. The molecule has 0 aromatic carbocycles. The van der Waals surface area contributed by atoms with Gasteiger partial charge in [-0.15, -0.1) is 0 Å². The minimum atomic E-state index is -0.170. The van der Waals surface area contributed by atoms with Crippen LogP contribution >= 0.6 is 0 Å². The topological polar surface area (TPSA) is 55.5 Å². The van der Waals surface area contributed by atoms with E-state index in [2.05, 4.69) is 41.5 Å². The largest absolute Gasteiger partial charge is 0.396 e. The van der Waals surface area contributed by atoms with Crippen LogP contribution < -0.4 is 5.73 Å². The third kappa shape index (κ3) is 4.22. The number of nitrogens with two attached hydrogens (primary N) is 1. The fourth-order valence-electron chi connectivity index (χ4n) is 3.13. The summed E-state index contributed by atoms with van der Waals surface area (Å²) in [6.45, 7) is 13.1. The molecule has 0 amide bonds. The highest BCUT2D eigenvalue weighted by Gasteiger charge is 2.41. The van der Waals surface area contributed by atoms with Gasteiger partial charge >= 0.3 is 0 Å². The smallest absolute Gasteiger partial charge is 0.0736 e. The summed E-state index contributed by atoms with van der Waals surface area (Å²) in [5.74, 6) is 0.773. The second-order valence-electron chi connectivity index (χ2n) is 7.82. The molecule has 0 heterocycles. The van der Waals surface area contributed by atoms with Gasteiger partial charge in [-0.25, -0.2) is 0 Å². The highest BCUT2D eigenvalue weighted by atomic mass is 16.5. The molecule has 0 saturated heterocycles. The van der Waals surface area contributed by atoms with Crippen LogP contribution in [-0.2, 0) is 4.74 Å². The van der Waals surface area contributed by atoms with Gasteiger partial charge < -0.3 is 15.6 Å². The fourth-order valence-corrected chi connectivity index (χ4v) is 3.13. The molecule has 18 heavy (non-hydrogen) atoms. The summed E-state index contributed by atoms with van der Waals surface area (Å²) < 4.78 is 6.05. The van der Waals surface area contributed by atoms with E-state index in [1.54, 1.807) is 0 Å². The van der Waals surface area contributed by atoms with Crippen LogP contribution in [0.5, 0.6) is 0 Å². The number of hydrogen-bond donors (Lipinski definition) is 2. The molecule has 108 valence electrons. The molecular formula is C15H31NO2. The summed E-state index contributed by atoms with van der Waals surface area (Å²) >= 11 is 0. The Bertz CT molecular complexity index is 265. The molecule has 3 N–H and O–H groups in total. The van der Waals surface area contributed by atoms with E-state index in [1.807, 2.05) is 0 Å². The predicted octanol–water partition coefficient (Wildman–Crippen LogP) is 2.56. The van der Waals surface area contributed by atoms with E-state index in [4.69, 9.17) is 10.5 Å². The second-order valence-corrected chi connectivity index (χ2v) is 7.82. The minimum Gasteiger partial charge on any atom is -0.396 e. The predicted molar refractivity (Wildman–Crippen MR) is 75.4 cm³/mol. The SMILES string of the molecule is CC(C)(C)OC1CC(CO)C(C(C)(C)C)CC1N. The Hall–Kier alpha value is -0.120.